The number of hydrogen-bond acceptors (Lipinski definition) is 4. The van der Waals surface area contributed by atoms with Crippen LogP contribution >= 0.6 is 0 Å². The SMILES string of the molecule is Cc1c(C(=O)NC(=O)NNN)cccc1-c1ccccc1. The first kappa shape index (κ1) is 14.7. The predicted molar refractivity (Wildman–Crippen MR) is 79.9 cm³/mol. The molecule has 21 heavy (non-hydrogen) atoms. The first-order chi connectivity index (χ1) is 10.1. The fraction of sp³-hybridized carbons (Fsp3) is 0.0667. The number of nitrogens with two attached hydrogens (primary N) is 1. The van der Waals surface area contributed by atoms with Crippen molar-refractivity contribution in [2.45, 2.75) is 6.92 Å². The van der Waals surface area contributed by atoms with E-state index in [1.54, 1.807) is 12.1 Å². The van der Waals surface area contributed by atoms with Crippen molar-refractivity contribution in [2.75, 3.05) is 0 Å². The standard InChI is InChI=1S/C15H16N4O2/c1-10-12(11-6-3-2-4-7-11)8-5-9-13(10)14(20)17-15(21)18-19-16/h2-9,19H,16H2,1H3,(H2,17,18,20,21). The molecule has 2 aromatic rings. The molecule has 0 fully saturated rings. The Morgan fingerprint density at radius 3 is 2.38 bits per heavy atom. The molecule has 5 N–H and O–H groups in total. The summed E-state index contributed by atoms with van der Waals surface area (Å²) in [6.45, 7) is 1.84. The van der Waals surface area contributed by atoms with Gasteiger partial charge in [0.25, 0.3) is 5.91 Å². The van der Waals surface area contributed by atoms with Gasteiger partial charge in [-0.3, -0.25) is 21.4 Å². The quantitative estimate of drug-likeness (QED) is 0.507. The zero-order valence-electron chi connectivity index (χ0n) is 11.5. The van der Waals surface area contributed by atoms with Crippen molar-refractivity contribution in [1.82, 2.24) is 16.3 Å². The third-order valence-corrected chi connectivity index (χ3v) is 3.08. The number of carbonyl (C=O) groups is 2. The third-order valence-electron chi connectivity index (χ3n) is 3.08. The highest BCUT2D eigenvalue weighted by Crippen LogP contribution is 2.25. The van der Waals surface area contributed by atoms with E-state index in [2.05, 4.69) is 10.7 Å². The van der Waals surface area contributed by atoms with Gasteiger partial charge in [0.15, 0.2) is 0 Å². The van der Waals surface area contributed by atoms with Gasteiger partial charge in [-0.15, -0.1) is 0 Å². The van der Waals surface area contributed by atoms with Gasteiger partial charge < -0.3 is 0 Å². The predicted octanol–water partition coefficient (Wildman–Crippen LogP) is 1.48. The summed E-state index contributed by atoms with van der Waals surface area (Å²) in [7, 11) is 0. The number of hydrogen-bond donors (Lipinski definition) is 4. The molecule has 0 bridgehead atoms. The van der Waals surface area contributed by atoms with Crippen molar-refractivity contribution in [1.29, 1.82) is 0 Å². The Morgan fingerprint density at radius 2 is 1.71 bits per heavy atom. The minimum absolute atomic E-state index is 0.434. The Balaban J connectivity index is 2.30. The lowest BCUT2D eigenvalue weighted by Crippen LogP contribution is -2.49. The summed E-state index contributed by atoms with van der Waals surface area (Å²) in [5.41, 5.74) is 7.22. The molecular weight excluding hydrogens is 268 g/mol. The lowest BCUT2D eigenvalue weighted by atomic mass is 9.96. The number of nitrogens with one attached hydrogen (secondary N) is 3. The van der Waals surface area contributed by atoms with Crippen LogP contribution in [0.3, 0.4) is 0 Å². The molecule has 0 heterocycles. The molecule has 0 saturated heterocycles. The molecule has 0 aromatic heterocycles. The molecule has 0 aliphatic heterocycles. The number of benzene rings is 2. The highest BCUT2D eigenvalue weighted by molar-refractivity contribution is 6.05. The topological polar surface area (TPSA) is 96.2 Å². The first-order valence-corrected chi connectivity index (χ1v) is 6.35. The van der Waals surface area contributed by atoms with Crippen molar-refractivity contribution in [2.24, 2.45) is 5.84 Å². The third kappa shape index (κ3) is 3.44. The van der Waals surface area contributed by atoms with E-state index in [1.807, 2.05) is 48.9 Å². The Hall–Kier alpha value is -2.70. The molecule has 0 atom stereocenters. The summed E-state index contributed by atoms with van der Waals surface area (Å²) in [5.74, 6) is 4.45. The molecule has 108 valence electrons. The Bertz CT molecular complexity index is 656. The van der Waals surface area contributed by atoms with E-state index in [1.165, 1.54) is 0 Å². The van der Waals surface area contributed by atoms with Crippen LogP contribution < -0.4 is 22.1 Å². The van der Waals surface area contributed by atoms with E-state index in [9.17, 15) is 9.59 Å². The number of imide groups is 1. The molecule has 2 aromatic carbocycles. The smallest absolute Gasteiger partial charge is 0.273 e. The minimum Gasteiger partial charge on any atom is -0.273 e. The second-order valence-corrected chi connectivity index (χ2v) is 4.40. The van der Waals surface area contributed by atoms with Crippen molar-refractivity contribution in [3.63, 3.8) is 0 Å². The summed E-state index contributed by atoms with van der Waals surface area (Å²) in [4.78, 5) is 23.4. The minimum atomic E-state index is -0.716. The number of urea groups is 1. The number of amides is 3. The zero-order valence-corrected chi connectivity index (χ0v) is 11.5. The second kappa shape index (κ2) is 6.65. The van der Waals surface area contributed by atoms with Crippen LogP contribution in [0.4, 0.5) is 4.79 Å². The summed E-state index contributed by atoms with van der Waals surface area (Å²) < 4.78 is 0. The lowest BCUT2D eigenvalue weighted by Gasteiger charge is -2.11. The molecule has 0 unspecified atom stereocenters. The maximum absolute atomic E-state index is 12.1. The fourth-order valence-electron chi connectivity index (χ4n) is 2.08. The molecule has 2 rings (SSSR count). The van der Waals surface area contributed by atoms with Gasteiger partial charge in [0.2, 0.25) is 0 Å². The maximum atomic E-state index is 12.1. The first-order valence-electron chi connectivity index (χ1n) is 6.35. The van der Waals surface area contributed by atoms with Gasteiger partial charge in [0.1, 0.15) is 0 Å². The molecule has 0 spiro atoms. The lowest BCUT2D eigenvalue weighted by molar-refractivity contribution is 0.0962. The number of hydrazine groups is 2. The highest BCUT2D eigenvalue weighted by atomic mass is 16.2. The molecule has 0 aliphatic rings. The molecule has 0 aliphatic carbocycles. The highest BCUT2D eigenvalue weighted by Gasteiger charge is 2.14. The van der Waals surface area contributed by atoms with E-state index < -0.39 is 11.9 Å². The number of carbonyl (C=O) groups excluding carboxylic acids is 2. The Kier molecular flexibility index (Phi) is 4.65. The number of rotatable bonds is 3. The zero-order chi connectivity index (χ0) is 15.2. The summed E-state index contributed by atoms with van der Waals surface area (Å²) >= 11 is 0. The van der Waals surface area contributed by atoms with E-state index >= 15 is 0 Å². The van der Waals surface area contributed by atoms with Gasteiger partial charge in [-0.2, -0.15) is 5.53 Å². The van der Waals surface area contributed by atoms with Crippen LogP contribution in [0.2, 0.25) is 0 Å². The van der Waals surface area contributed by atoms with E-state index in [4.69, 9.17) is 5.84 Å². The van der Waals surface area contributed by atoms with Crippen molar-refractivity contribution < 1.29 is 9.59 Å². The van der Waals surface area contributed by atoms with Crippen molar-refractivity contribution in [3.8, 4) is 11.1 Å². The second-order valence-electron chi connectivity index (χ2n) is 4.40. The van der Waals surface area contributed by atoms with Crippen LogP contribution in [0.1, 0.15) is 15.9 Å². The fourth-order valence-corrected chi connectivity index (χ4v) is 2.08. The van der Waals surface area contributed by atoms with E-state index in [-0.39, 0.29) is 0 Å². The van der Waals surface area contributed by atoms with Crippen LogP contribution in [0, 0.1) is 6.92 Å². The van der Waals surface area contributed by atoms with Gasteiger partial charge in [0, 0.05) is 5.56 Å². The maximum Gasteiger partial charge on any atom is 0.337 e. The summed E-state index contributed by atoms with van der Waals surface area (Å²) in [6, 6.07) is 14.4. The van der Waals surface area contributed by atoms with Crippen molar-refractivity contribution >= 4 is 11.9 Å². The van der Waals surface area contributed by atoms with Crippen LogP contribution in [-0.2, 0) is 0 Å². The normalized spacial score (nSPS) is 10.0. The molecule has 6 nitrogen and oxygen atoms in total. The largest absolute Gasteiger partial charge is 0.337 e. The molecule has 6 heteroatoms. The summed E-state index contributed by atoms with van der Waals surface area (Å²) in [5, 5.41) is 2.19. The summed E-state index contributed by atoms with van der Waals surface area (Å²) in [6.07, 6.45) is 0. The van der Waals surface area contributed by atoms with Gasteiger partial charge in [-0.05, 0) is 29.7 Å². The van der Waals surface area contributed by atoms with E-state index in [0.29, 0.717) is 5.56 Å². The van der Waals surface area contributed by atoms with Crippen LogP contribution in [0.5, 0.6) is 0 Å². The van der Waals surface area contributed by atoms with Gasteiger partial charge in [0.05, 0.1) is 0 Å². The molecular formula is C15H16N4O2. The monoisotopic (exact) mass is 284 g/mol. The molecule has 0 radical (unpaired) electrons. The Morgan fingerprint density at radius 1 is 1.00 bits per heavy atom. The van der Waals surface area contributed by atoms with Gasteiger partial charge in [-0.1, -0.05) is 42.5 Å². The Labute approximate surface area is 122 Å². The van der Waals surface area contributed by atoms with Crippen LogP contribution in [-0.4, -0.2) is 11.9 Å². The van der Waals surface area contributed by atoms with Crippen molar-refractivity contribution in [3.05, 3.63) is 59.7 Å². The average Bonchev–Trinajstić information content (AvgIpc) is 2.48. The van der Waals surface area contributed by atoms with Crippen LogP contribution in [0.25, 0.3) is 11.1 Å². The average molecular weight is 284 g/mol. The van der Waals surface area contributed by atoms with Crippen LogP contribution in [0.15, 0.2) is 48.5 Å². The van der Waals surface area contributed by atoms with E-state index in [0.717, 1.165) is 16.7 Å². The van der Waals surface area contributed by atoms with Gasteiger partial charge >= 0.3 is 6.03 Å². The molecule has 3 amide bonds. The van der Waals surface area contributed by atoms with Gasteiger partial charge in [-0.25, -0.2) is 4.79 Å². The molecule has 0 saturated carbocycles.